The van der Waals surface area contributed by atoms with Gasteiger partial charge in [0.15, 0.2) is 11.5 Å². The molecule has 4 nitrogen and oxygen atoms in total. The molecule has 0 heterocycles. The molecule has 0 fully saturated rings. The third-order valence-electron chi connectivity index (χ3n) is 2.98. The van der Waals surface area contributed by atoms with Gasteiger partial charge in [-0.25, -0.2) is 4.79 Å². The monoisotopic (exact) mass is 306 g/mol. The Balaban J connectivity index is 2.23. The van der Waals surface area contributed by atoms with Gasteiger partial charge in [0.2, 0.25) is 0 Å². The molecule has 2 aromatic rings. The van der Waals surface area contributed by atoms with E-state index in [1.54, 1.807) is 0 Å². The molecule has 0 amide bonds. The lowest BCUT2D eigenvalue weighted by Crippen LogP contribution is -2.02. The first-order chi connectivity index (χ1) is 10.0. The first kappa shape index (κ1) is 15.2. The van der Waals surface area contributed by atoms with Crippen LogP contribution in [0.25, 0.3) is 0 Å². The Hall–Kier alpha value is -2.20. The maximum absolute atomic E-state index is 11.0. The molecule has 0 unspecified atom stereocenters. The van der Waals surface area contributed by atoms with Crippen molar-refractivity contribution >= 4 is 17.6 Å². The van der Waals surface area contributed by atoms with Crippen LogP contribution in [0.2, 0.25) is 5.02 Å². The summed E-state index contributed by atoms with van der Waals surface area (Å²) in [7, 11) is 1.44. The number of methoxy groups -OCH3 is 1. The molecule has 0 bridgehead atoms. The summed E-state index contributed by atoms with van der Waals surface area (Å²) >= 11 is 6.08. The molecule has 1 N–H and O–H groups in total. The molecule has 0 saturated carbocycles. The molecule has 0 atom stereocenters. The Morgan fingerprint density at radius 1 is 1.24 bits per heavy atom. The second-order valence-electron chi connectivity index (χ2n) is 4.57. The smallest absolute Gasteiger partial charge is 0.335 e. The number of benzene rings is 2. The minimum atomic E-state index is -1.07. The van der Waals surface area contributed by atoms with Crippen LogP contribution >= 0.6 is 11.6 Å². The molecule has 0 aliphatic carbocycles. The van der Waals surface area contributed by atoms with Gasteiger partial charge in [-0.05, 0) is 24.6 Å². The van der Waals surface area contributed by atoms with Gasteiger partial charge in [0, 0.05) is 0 Å². The highest BCUT2D eigenvalue weighted by atomic mass is 35.5. The highest BCUT2D eigenvalue weighted by Gasteiger charge is 2.15. The van der Waals surface area contributed by atoms with Gasteiger partial charge in [0.25, 0.3) is 0 Å². The van der Waals surface area contributed by atoms with Crippen molar-refractivity contribution in [1.82, 2.24) is 0 Å². The number of aromatic carboxylic acids is 1. The number of ether oxygens (including phenoxy) is 2. The van der Waals surface area contributed by atoms with Gasteiger partial charge < -0.3 is 14.6 Å². The minimum Gasteiger partial charge on any atom is -0.493 e. The maximum Gasteiger partial charge on any atom is 0.335 e. The number of aryl methyl sites for hydroxylation is 1. The number of carboxylic acids is 1. The lowest BCUT2D eigenvalue weighted by Gasteiger charge is -2.13. The van der Waals surface area contributed by atoms with Gasteiger partial charge >= 0.3 is 5.97 Å². The maximum atomic E-state index is 11.0. The standard InChI is InChI=1S/C16H15ClO4/c1-10-3-5-11(6-4-10)9-21-15-13(17)7-12(16(18)19)8-14(15)20-2/h3-8H,9H2,1-2H3,(H,18,19). The Morgan fingerprint density at radius 3 is 2.48 bits per heavy atom. The fraction of sp³-hybridized carbons (Fsp3) is 0.188. The zero-order valence-electron chi connectivity index (χ0n) is 11.7. The minimum absolute atomic E-state index is 0.0551. The van der Waals surface area contributed by atoms with Crippen LogP contribution in [0.1, 0.15) is 21.5 Å². The molecule has 0 saturated heterocycles. The molecule has 0 aromatic heterocycles. The summed E-state index contributed by atoms with van der Waals surface area (Å²) in [4.78, 5) is 11.0. The first-order valence-electron chi connectivity index (χ1n) is 6.30. The van der Waals surface area contributed by atoms with Gasteiger partial charge in [0.1, 0.15) is 6.61 Å². The Morgan fingerprint density at radius 2 is 1.90 bits per heavy atom. The van der Waals surface area contributed by atoms with Crippen molar-refractivity contribution in [3.8, 4) is 11.5 Å². The van der Waals surface area contributed by atoms with Crippen LogP contribution in [0, 0.1) is 6.92 Å². The molecule has 2 aromatic carbocycles. The Kier molecular flexibility index (Phi) is 4.70. The lowest BCUT2D eigenvalue weighted by molar-refractivity contribution is 0.0696. The predicted octanol–water partition coefficient (Wildman–Crippen LogP) is 3.93. The quantitative estimate of drug-likeness (QED) is 0.909. The van der Waals surface area contributed by atoms with E-state index >= 15 is 0 Å². The van der Waals surface area contributed by atoms with Crippen LogP contribution in [0.4, 0.5) is 0 Å². The van der Waals surface area contributed by atoms with Gasteiger partial charge in [-0.3, -0.25) is 0 Å². The zero-order valence-corrected chi connectivity index (χ0v) is 12.5. The molecule has 2 rings (SSSR count). The second kappa shape index (κ2) is 6.50. The van der Waals surface area contributed by atoms with E-state index in [-0.39, 0.29) is 10.6 Å². The van der Waals surface area contributed by atoms with Crippen molar-refractivity contribution in [2.45, 2.75) is 13.5 Å². The Labute approximate surface area is 127 Å². The fourth-order valence-corrected chi connectivity index (χ4v) is 2.09. The van der Waals surface area contributed by atoms with Crippen molar-refractivity contribution in [1.29, 1.82) is 0 Å². The van der Waals surface area contributed by atoms with Gasteiger partial charge in [-0.1, -0.05) is 41.4 Å². The van der Waals surface area contributed by atoms with E-state index in [1.807, 2.05) is 31.2 Å². The van der Waals surface area contributed by atoms with Crippen LogP contribution in [-0.2, 0) is 6.61 Å². The second-order valence-corrected chi connectivity index (χ2v) is 4.98. The molecule has 0 aliphatic rings. The van der Waals surface area contributed by atoms with Crippen molar-refractivity contribution in [2.75, 3.05) is 7.11 Å². The van der Waals surface area contributed by atoms with Crippen molar-refractivity contribution < 1.29 is 19.4 Å². The number of halogens is 1. The normalized spacial score (nSPS) is 10.2. The Bertz CT molecular complexity index is 650. The topological polar surface area (TPSA) is 55.8 Å². The first-order valence-corrected chi connectivity index (χ1v) is 6.68. The van der Waals surface area contributed by atoms with E-state index in [0.717, 1.165) is 5.56 Å². The summed E-state index contributed by atoms with van der Waals surface area (Å²) < 4.78 is 10.8. The highest BCUT2D eigenvalue weighted by molar-refractivity contribution is 6.32. The fourth-order valence-electron chi connectivity index (χ4n) is 1.82. The van der Waals surface area contributed by atoms with E-state index in [4.69, 9.17) is 26.2 Å². The largest absolute Gasteiger partial charge is 0.493 e. The SMILES string of the molecule is COc1cc(C(=O)O)cc(Cl)c1OCc1ccc(C)cc1. The van der Waals surface area contributed by atoms with E-state index in [2.05, 4.69) is 0 Å². The van der Waals surface area contributed by atoms with E-state index in [0.29, 0.717) is 18.1 Å². The van der Waals surface area contributed by atoms with Crippen molar-refractivity contribution in [2.24, 2.45) is 0 Å². The number of hydrogen-bond acceptors (Lipinski definition) is 3. The van der Waals surface area contributed by atoms with Crippen molar-refractivity contribution in [3.05, 3.63) is 58.1 Å². The van der Waals surface area contributed by atoms with Crippen LogP contribution in [0.5, 0.6) is 11.5 Å². The van der Waals surface area contributed by atoms with Crippen LogP contribution in [0.3, 0.4) is 0 Å². The molecule has 0 spiro atoms. The van der Waals surface area contributed by atoms with Crippen LogP contribution in [0.15, 0.2) is 36.4 Å². The highest BCUT2D eigenvalue weighted by Crippen LogP contribution is 2.36. The summed E-state index contributed by atoms with van der Waals surface area (Å²) in [6, 6.07) is 10.6. The number of rotatable bonds is 5. The lowest BCUT2D eigenvalue weighted by atomic mass is 10.1. The summed E-state index contributed by atoms with van der Waals surface area (Å²) in [5.41, 5.74) is 2.21. The number of carboxylic acid groups (broad SMARTS) is 1. The zero-order chi connectivity index (χ0) is 15.4. The van der Waals surface area contributed by atoms with Crippen LogP contribution in [-0.4, -0.2) is 18.2 Å². The third kappa shape index (κ3) is 3.67. The molecule has 0 aliphatic heterocycles. The summed E-state index contributed by atoms with van der Waals surface area (Å²) in [6.45, 7) is 2.33. The van der Waals surface area contributed by atoms with Gasteiger partial charge in [-0.2, -0.15) is 0 Å². The van der Waals surface area contributed by atoms with Gasteiger partial charge in [0.05, 0.1) is 17.7 Å². The molecule has 5 heteroatoms. The molecule has 21 heavy (non-hydrogen) atoms. The van der Waals surface area contributed by atoms with Crippen molar-refractivity contribution in [3.63, 3.8) is 0 Å². The third-order valence-corrected chi connectivity index (χ3v) is 3.26. The number of carbonyl (C=O) groups is 1. The van der Waals surface area contributed by atoms with E-state index in [1.165, 1.54) is 24.8 Å². The van der Waals surface area contributed by atoms with Crippen LogP contribution < -0.4 is 9.47 Å². The molecular weight excluding hydrogens is 292 g/mol. The van der Waals surface area contributed by atoms with E-state index < -0.39 is 5.97 Å². The number of hydrogen-bond donors (Lipinski definition) is 1. The van der Waals surface area contributed by atoms with E-state index in [9.17, 15) is 4.79 Å². The summed E-state index contributed by atoms with van der Waals surface area (Å²) in [5.74, 6) is -0.433. The molecular formula is C16H15ClO4. The van der Waals surface area contributed by atoms with Gasteiger partial charge in [-0.15, -0.1) is 0 Å². The predicted molar refractivity (Wildman–Crippen MR) is 80.5 cm³/mol. The average molecular weight is 307 g/mol. The average Bonchev–Trinajstić information content (AvgIpc) is 2.46. The molecule has 0 radical (unpaired) electrons. The summed E-state index contributed by atoms with van der Waals surface area (Å²) in [6.07, 6.45) is 0. The summed E-state index contributed by atoms with van der Waals surface area (Å²) in [5, 5.41) is 9.21. The molecule has 110 valence electrons.